The maximum atomic E-state index is 2.16. The summed E-state index contributed by atoms with van der Waals surface area (Å²) in [6.07, 6.45) is 4.61. The van der Waals surface area contributed by atoms with E-state index in [1.807, 2.05) is 0 Å². The van der Waals surface area contributed by atoms with Gasteiger partial charge in [-0.25, -0.2) is 0 Å². The second-order valence-corrected chi connectivity index (χ2v) is 4.11. The Labute approximate surface area is 55.0 Å². The number of hydrogen-bond donors (Lipinski definition) is 0. The highest BCUT2D eigenvalue weighted by atomic mass is 32.2. The zero-order valence-electron chi connectivity index (χ0n) is 5.10. The van der Waals surface area contributed by atoms with Gasteiger partial charge in [0, 0.05) is 0 Å². The average Bonchev–Trinajstić information content (AvgIpc) is 1.72. The van der Waals surface area contributed by atoms with Crippen LogP contribution in [0.25, 0.3) is 0 Å². The van der Waals surface area contributed by atoms with Crippen LogP contribution in [-0.4, -0.2) is 11.5 Å². The van der Waals surface area contributed by atoms with Crippen LogP contribution in [0.3, 0.4) is 0 Å². The fourth-order valence-corrected chi connectivity index (χ4v) is 3.08. The van der Waals surface area contributed by atoms with Crippen molar-refractivity contribution in [2.45, 2.75) is 19.3 Å². The van der Waals surface area contributed by atoms with Crippen LogP contribution in [0.1, 0.15) is 19.3 Å². The molecule has 2 aliphatic rings. The maximum Gasteiger partial charge on any atom is -0.00365 e. The SMILES string of the molecule is C1CC2CCC2CS1. The molecule has 0 bridgehead atoms. The van der Waals surface area contributed by atoms with Gasteiger partial charge in [0.15, 0.2) is 0 Å². The first-order valence-electron chi connectivity index (χ1n) is 3.54. The van der Waals surface area contributed by atoms with Gasteiger partial charge < -0.3 is 0 Å². The Morgan fingerprint density at radius 3 is 2.25 bits per heavy atom. The molecule has 0 aromatic rings. The highest BCUT2D eigenvalue weighted by Gasteiger charge is 2.32. The van der Waals surface area contributed by atoms with Gasteiger partial charge in [0.25, 0.3) is 0 Å². The fraction of sp³-hybridized carbons (Fsp3) is 1.00. The molecular weight excluding hydrogens is 116 g/mol. The summed E-state index contributed by atoms with van der Waals surface area (Å²) in [6.45, 7) is 0. The minimum absolute atomic E-state index is 1.15. The van der Waals surface area contributed by atoms with Crippen LogP contribution in [0.2, 0.25) is 0 Å². The van der Waals surface area contributed by atoms with Crippen molar-refractivity contribution in [1.82, 2.24) is 0 Å². The number of thioether (sulfide) groups is 1. The monoisotopic (exact) mass is 128 g/mol. The van der Waals surface area contributed by atoms with Crippen LogP contribution in [0.4, 0.5) is 0 Å². The van der Waals surface area contributed by atoms with Crippen LogP contribution in [0.5, 0.6) is 0 Å². The fourth-order valence-electron chi connectivity index (χ4n) is 1.71. The van der Waals surface area contributed by atoms with Crippen LogP contribution in [0.15, 0.2) is 0 Å². The van der Waals surface area contributed by atoms with Gasteiger partial charge in [-0.15, -0.1) is 0 Å². The topological polar surface area (TPSA) is 0 Å². The zero-order valence-corrected chi connectivity index (χ0v) is 5.91. The Hall–Kier alpha value is 0.350. The van der Waals surface area contributed by atoms with Gasteiger partial charge in [-0.1, -0.05) is 0 Å². The van der Waals surface area contributed by atoms with Gasteiger partial charge in [0.05, 0.1) is 0 Å². The van der Waals surface area contributed by atoms with E-state index >= 15 is 0 Å². The van der Waals surface area contributed by atoms with E-state index in [1.165, 1.54) is 24.3 Å². The highest BCUT2D eigenvalue weighted by Crippen LogP contribution is 2.42. The smallest absolute Gasteiger partial charge is 0.00365 e. The van der Waals surface area contributed by atoms with Crippen molar-refractivity contribution in [2.24, 2.45) is 11.8 Å². The standard InChI is InChI=1S/C7H12S/c1-2-7-5-8-4-3-6(1)7/h6-7H,1-5H2. The first kappa shape index (κ1) is 5.16. The number of rotatable bonds is 0. The van der Waals surface area contributed by atoms with Crippen molar-refractivity contribution in [3.8, 4) is 0 Å². The van der Waals surface area contributed by atoms with Crippen molar-refractivity contribution < 1.29 is 0 Å². The van der Waals surface area contributed by atoms with Crippen molar-refractivity contribution in [3.63, 3.8) is 0 Å². The summed E-state index contributed by atoms with van der Waals surface area (Å²) in [6, 6.07) is 0. The summed E-state index contributed by atoms with van der Waals surface area (Å²) >= 11 is 2.16. The van der Waals surface area contributed by atoms with Gasteiger partial charge in [-0.3, -0.25) is 0 Å². The Morgan fingerprint density at radius 2 is 1.88 bits per heavy atom. The van der Waals surface area contributed by atoms with E-state index in [0.29, 0.717) is 0 Å². The molecule has 2 fully saturated rings. The molecule has 0 amide bonds. The van der Waals surface area contributed by atoms with Crippen LogP contribution in [0, 0.1) is 11.8 Å². The molecule has 0 radical (unpaired) electrons. The number of fused-ring (bicyclic) bond motifs is 1. The van der Waals surface area contributed by atoms with Gasteiger partial charge in [0.2, 0.25) is 0 Å². The van der Waals surface area contributed by atoms with Crippen molar-refractivity contribution in [3.05, 3.63) is 0 Å². The average molecular weight is 128 g/mol. The first-order valence-corrected chi connectivity index (χ1v) is 4.70. The van der Waals surface area contributed by atoms with Gasteiger partial charge >= 0.3 is 0 Å². The van der Waals surface area contributed by atoms with Crippen LogP contribution >= 0.6 is 11.8 Å². The van der Waals surface area contributed by atoms with Crippen molar-refractivity contribution in [1.29, 1.82) is 0 Å². The molecule has 1 heteroatoms. The molecule has 2 atom stereocenters. The lowest BCUT2D eigenvalue weighted by molar-refractivity contribution is 0.190. The molecule has 1 saturated carbocycles. The van der Waals surface area contributed by atoms with Gasteiger partial charge in [0.1, 0.15) is 0 Å². The quantitative estimate of drug-likeness (QED) is 0.481. The lowest BCUT2D eigenvalue weighted by atomic mass is 9.73. The lowest BCUT2D eigenvalue weighted by Crippen LogP contribution is -2.31. The second-order valence-electron chi connectivity index (χ2n) is 2.96. The molecule has 2 unspecified atom stereocenters. The molecular formula is C7H12S. The zero-order chi connectivity index (χ0) is 5.40. The van der Waals surface area contributed by atoms with E-state index in [0.717, 1.165) is 11.8 Å². The third kappa shape index (κ3) is 0.680. The summed E-state index contributed by atoms with van der Waals surface area (Å²) in [7, 11) is 0. The van der Waals surface area contributed by atoms with E-state index in [4.69, 9.17) is 0 Å². The highest BCUT2D eigenvalue weighted by molar-refractivity contribution is 7.99. The maximum absolute atomic E-state index is 2.16. The predicted molar refractivity (Wildman–Crippen MR) is 38.2 cm³/mol. The molecule has 0 nitrogen and oxygen atoms in total. The molecule has 1 heterocycles. The molecule has 1 saturated heterocycles. The van der Waals surface area contributed by atoms with Gasteiger partial charge in [-0.05, 0) is 42.6 Å². The van der Waals surface area contributed by atoms with E-state index in [9.17, 15) is 0 Å². The molecule has 2 rings (SSSR count). The van der Waals surface area contributed by atoms with E-state index in [1.54, 1.807) is 6.42 Å². The third-order valence-electron chi connectivity index (χ3n) is 2.54. The van der Waals surface area contributed by atoms with Crippen LogP contribution < -0.4 is 0 Å². The van der Waals surface area contributed by atoms with E-state index in [2.05, 4.69) is 11.8 Å². The second kappa shape index (κ2) is 1.94. The minimum atomic E-state index is 1.15. The van der Waals surface area contributed by atoms with Crippen molar-refractivity contribution >= 4 is 11.8 Å². The first-order chi connectivity index (χ1) is 3.97. The molecule has 1 aliphatic heterocycles. The summed E-state index contributed by atoms with van der Waals surface area (Å²) in [5.74, 6) is 5.23. The Morgan fingerprint density at radius 1 is 1.00 bits per heavy atom. The molecule has 0 spiro atoms. The molecule has 0 aromatic heterocycles. The normalized spacial score (nSPS) is 45.0. The van der Waals surface area contributed by atoms with Gasteiger partial charge in [-0.2, -0.15) is 11.8 Å². The molecule has 8 heavy (non-hydrogen) atoms. The van der Waals surface area contributed by atoms with E-state index < -0.39 is 0 Å². The molecule has 0 aromatic carbocycles. The van der Waals surface area contributed by atoms with E-state index in [-0.39, 0.29) is 0 Å². The summed E-state index contributed by atoms with van der Waals surface area (Å²) < 4.78 is 0. The third-order valence-corrected chi connectivity index (χ3v) is 3.73. The summed E-state index contributed by atoms with van der Waals surface area (Å²) in [4.78, 5) is 0. The van der Waals surface area contributed by atoms with Crippen LogP contribution in [-0.2, 0) is 0 Å². The number of hydrogen-bond acceptors (Lipinski definition) is 1. The summed E-state index contributed by atoms with van der Waals surface area (Å²) in [5.41, 5.74) is 0. The largest absolute Gasteiger partial charge is 0.162 e. The Bertz CT molecular complexity index is 78.4. The Balaban J connectivity index is 1.92. The lowest BCUT2D eigenvalue weighted by Gasteiger charge is -2.40. The molecule has 46 valence electrons. The summed E-state index contributed by atoms with van der Waals surface area (Å²) in [5, 5.41) is 0. The minimum Gasteiger partial charge on any atom is -0.162 e. The molecule has 0 N–H and O–H groups in total. The Kier molecular flexibility index (Phi) is 1.25. The predicted octanol–water partition coefficient (Wildman–Crippen LogP) is 2.15. The molecule has 1 aliphatic carbocycles. The van der Waals surface area contributed by atoms with Crippen molar-refractivity contribution in [2.75, 3.05) is 11.5 Å².